The second kappa shape index (κ2) is 7.06. The zero-order valence-electron chi connectivity index (χ0n) is 17.0. The monoisotopic (exact) mass is 376 g/mol. The maximum atomic E-state index is 10.4. The molecule has 2 atom stereocenters. The van der Waals surface area contributed by atoms with Gasteiger partial charge in [-0.05, 0) is 68.3 Å². The third-order valence-corrected chi connectivity index (χ3v) is 6.62. The second-order valence-corrected chi connectivity index (χ2v) is 8.42. The van der Waals surface area contributed by atoms with E-state index in [1.807, 2.05) is 42.5 Å². The number of anilines is 1. The molecular formula is C23H28N4O. The van der Waals surface area contributed by atoms with E-state index in [0.717, 1.165) is 29.6 Å². The molecule has 0 spiro atoms. The van der Waals surface area contributed by atoms with Gasteiger partial charge in [0.25, 0.3) is 0 Å². The van der Waals surface area contributed by atoms with Gasteiger partial charge in [-0.15, -0.1) is 10.2 Å². The molecule has 1 aliphatic heterocycles. The lowest BCUT2D eigenvalue weighted by atomic mass is 9.77. The van der Waals surface area contributed by atoms with E-state index < -0.39 is 0 Å². The molecule has 1 saturated heterocycles. The highest BCUT2D eigenvalue weighted by Gasteiger charge is 2.39. The van der Waals surface area contributed by atoms with E-state index in [9.17, 15) is 5.11 Å². The Balaban J connectivity index is 1.56. The van der Waals surface area contributed by atoms with Crippen LogP contribution in [0.2, 0.25) is 0 Å². The van der Waals surface area contributed by atoms with Crippen molar-refractivity contribution >= 4 is 16.6 Å². The first-order valence-corrected chi connectivity index (χ1v) is 9.90. The third-order valence-electron chi connectivity index (χ3n) is 6.62. The van der Waals surface area contributed by atoms with Crippen molar-refractivity contribution in [3.63, 3.8) is 0 Å². The standard InChI is InChI=1S/C23H28N4O/c1-15-19(11-12-27(4)23(15,2)3)24-22-10-9-20(25-26-22)18-13-16-7-5-6-8-17(16)14-21(18)28/h5-10,13-15,19,28H,11-12H2,1-4H3,(H,24,26). The Kier molecular flexibility index (Phi) is 4.71. The van der Waals surface area contributed by atoms with Crippen molar-refractivity contribution in [1.29, 1.82) is 0 Å². The molecule has 2 heterocycles. The number of hydrogen-bond acceptors (Lipinski definition) is 5. The van der Waals surface area contributed by atoms with Crippen LogP contribution in [0, 0.1) is 5.92 Å². The second-order valence-electron chi connectivity index (χ2n) is 8.42. The molecule has 0 saturated carbocycles. The van der Waals surface area contributed by atoms with Crippen LogP contribution in [0.3, 0.4) is 0 Å². The molecule has 0 bridgehead atoms. The summed E-state index contributed by atoms with van der Waals surface area (Å²) < 4.78 is 0. The van der Waals surface area contributed by atoms with Crippen LogP contribution in [-0.2, 0) is 0 Å². The molecule has 1 aliphatic rings. The molecule has 2 unspecified atom stereocenters. The van der Waals surface area contributed by atoms with Gasteiger partial charge in [0.1, 0.15) is 11.6 Å². The molecule has 3 aromatic rings. The van der Waals surface area contributed by atoms with E-state index in [4.69, 9.17) is 0 Å². The Morgan fingerprint density at radius 1 is 1.07 bits per heavy atom. The normalized spacial score (nSPS) is 22.3. The largest absolute Gasteiger partial charge is 0.507 e. The van der Waals surface area contributed by atoms with Crippen LogP contribution in [0.25, 0.3) is 22.0 Å². The fourth-order valence-electron chi connectivity index (χ4n) is 4.08. The molecule has 5 nitrogen and oxygen atoms in total. The summed E-state index contributed by atoms with van der Waals surface area (Å²) in [5, 5.41) is 24.8. The summed E-state index contributed by atoms with van der Waals surface area (Å²) in [5.74, 6) is 1.48. The number of piperidine rings is 1. The Morgan fingerprint density at radius 2 is 1.79 bits per heavy atom. The number of phenolic OH excluding ortho intramolecular Hbond substituents is 1. The maximum absolute atomic E-state index is 10.4. The van der Waals surface area contributed by atoms with Crippen LogP contribution in [0.5, 0.6) is 5.75 Å². The molecule has 0 amide bonds. The molecule has 5 heteroatoms. The van der Waals surface area contributed by atoms with E-state index in [0.29, 0.717) is 23.2 Å². The first-order valence-electron chi connectivity index (χ1n) is 9.90. The zero-order chi connectivity index (χ0) is 19.9. The predicted octanol–water partition coefficient (Wildman–Crippen LogP) is 4.53. The minimum Gasteiger partial charge on any atom is -0.507 e. The average molecular weight is 377 g/mol. The summed E-state index contributed by atoms with van der Waals surface area (Å²) in [6.07, 6.45) is 1.08. The van der Waals surface area contributed by atoms with E-state index in [1.54, 1.807) is 6.07 Å². The number of likely N-dealkylation sites (tertiary alicyclic amines) is 1. The van der Waals surface area contributed by atoms with Gasteiger partial charge in [0, 0.05) is 23.7 Å². The van der Waals surface area contributed by atoms with E-state index >= 15 is 0 Å². The highest BCUT2D eigenvalue weighted by Crippen LogP contribution is 2.34. The maximum Gasteiger partial charge on any atom is 0.148 e. The van der Waals surface area contributed by atoms with Crippen LogP contribution in [-0.4, -0.2) is 45.4 Å². The fraction of sp³-hybridized carbons (Fsp3) is 0.391. The molecule has 2 aromatic carbocycles. The van der Waals surface area contributed by atoms with Crippen molar-refractivity contribution in [1.82, 2.24) is 15.1 Å². The summed E-state index contributed by atoms with van der Waals surface area (Å²) >= 11 is 0. The Bertz CT molecular complexity index is 984. The minimum atomic E-state index is 0.139. The van der Waals surface area contributed by atoms with Gasteiger partial charge in [-0.2, -0.15) is 0 Å². The van der Waals surface area contributed by atoms with Gasteiger partial charge in [0.05, 0.1) is 5.69 Å². The Morgan fingerprint density at radius 3 is 2.46 bits per heavy atom. The molecule has 146 valence electrons. The van der Waals surface area contributed by atoms with Crippen molar-refractivity contribution in [2.75, 3.05) is 18.9 Å². The van der Waals surface area contributed by atoms with Crippen LogP contribution in [0.15, 0.2) is 48.5 Å². The fourth-order valence-corrected chi connectivity index (χ4v) is 4.08. The summed E-state index contributed by atoms with van der Waals surface area (Å²) in [7, 11) is 2.19. The molecule has 4 rings (SSSR count). The van der Waals surface area contributed by atoms with Crippen molar-refractivity contribution in [2.24, 2.45) is 5.92 Å². The van der Waals surface area contributed by atoms with Gasteiger partial charge in [-0.3, -0.25) is 0 Å². The molecule has 1 aromatic heterocycles. The lowest BCUT2D eigenvalue weighted by Gasteiger charge is -2.49. The van der Waals surface area contributed by atoms with Gasteiger partial charge >= 0.3 is 0 Å². The van der Waals surface area contributed by atoms with Crippen LogP contribution >= 0.6 is 0 Å². The van der Waals surface area contributed by atoms with Gasteiger partial charge in [0.15, 0.2) is 0 Å². The minimum absolute atomic E-state index is 0.139. The summed E-state index contributed by atoms with van der Waals surface area (Å²) in [5.41, 5.74) is 1.51. The van der Waals surface area contributed by atoms with Crippen LogP contribution < -0.4 is 5.32 Å². The quantitative estimate of drug-likeness (QED) is 0.703. The zero-order valence-corrected chi connectivity index (χ0v) is 17.0. The topological polar surface area (TPSA) is 61.3 Å². The van der Waals surface area contributed by atoms with Crippen LogP contribution in [0.4, 0.5) is 5.82 Å². The number of fused-ring (bicyclic) bond motifs is 1. The smallest absolute Gasteiger partial charge is 0.148 e. The first kappa shape index (κ1) is 18.7. The number of aromatic nitrogens is 2. The number of nitrogens with one attached hydrogen (secondary N) is 1. The lowest BCUT2D eigenvalue weighted by Crippen LogP contribution is -2.57. The molecule has 2 N–H and O–H groups in total. The first-order chi connectivity index (χ1) is 13.4. The van der Waals surface area contributed by atoms with Crippen molar-refractivity contribution < 1.29 is 5.11 Å². The van der Waals surface area contributed by atoms with Gasteiger partial charge < -0.3 is 15.3 Å². The predicted molar refractivity (Wildman–Crippen MR) is 115 cm³/mol. The molecular weight excluding hydrogens is 348 g/mol. The van der Waals surface area contributed by atoms with E-state index in [1.165, 1.54) is 0 Å². The SMILES string of the molecule is CC1C(Nc2ccc(-c3cc4ccccc4cc3O)nn2)CCN(C)C1(C)C. The summed E-state index contributed by atoms with van der Waals surface area (Å²) in [6.45, 7) is 7.94. The van der Waals surface area contributed by atoms with Crippen molar-refractivity contribution in [3.8, 4) is 17.0 Å². The number of nitrogens with zero attached hydrogens (tertiary/aromatic N) is 3. The van der Waals surface area contributed by atoms with E-state index in [-0.39, 0.29) is 11.3 Å². The Hall–Kier alpha value is -2.66. The van der Waals surface area contributed by atoms with Gasteiger partial charge in [-0.1, -0.05) is 31.2 Å². The number of rotatable bonds is 3. The van der Waals surface area contributed by atoms with Crippen LogP contribution in [0.1, 0.15) is 27.2 Å². The average Bonchev–Trinajstić information content (AvgIpc) is 2.69. The third kappa shape index (κ3) is 3.31. The molecule has 0 radical (unpaired) electrons. The summed E-state index contributed by atoms with van der Waals surface area (Å²) in [4.78, 5) is 2.42. The number of phenols is 1. The molecule has 0 aliphatic carbocycles. The molecule has 28 heavy (non-hydrogen) atoms. The highest BCUT2D eigenvalue weighted by atomic mass is 16.3. The number of benzene rings is 2. The highest BCUT2D eigenvalue weighted by molar-refractivity contribution is 5.89. The van der Waals surface area contributed by atoms with Crippen molar-refractivity contribution in [3.05, 3.63) is 48.5 Å². The summed E-state index contributed by atoms with van der Waals surface area (Å²) in [6, 6.07) is 16.0. The number of hydrogen-bond donors (Lipinski definition) is 2. The van der Waals surface area contributed by atoms with E-state index in [2.05, 4.69) is 48.2 Å². The van der Waals surface area contributed by atoms with Gasteiger partial charge in [-0.25, -0.2) is 0 Å². The lowest BCUT2D eigenvalue weighted by molar-refractivity contribution is 0.0458. The van der Waals surface area contributed by atoms with Gasteiger partial charge in [0.2, 0.25) is 0 Å². The number of aromatic hydroxyl groups is 1. The van der Waals surface area contributed by atoms with Crippen molar-refractivity contribution in [2.45, 2.75) is 38.8 Å². The molecule has 1 fully saturated rings. The Labute approximate surface area is 166 Å².